The van der Waals surface area contributed by atoms with Crippen LogP contribution in [0.5, 0.6) is 5.88 Å². The van der Waals surface area contributed by atoms with E-state index in [-0.39, 0.29) is 11.9 Å². The standard InChI is InChI=1S/C19H18ClN5O2.CH4O/c20-13-7-12-8-14(9-13)21-4-6-24-15(1-2-18(24)26)11-27-17-3-5-25-19(23-17)16(12)10-22-25;1-2/h3,5,7-10,15,21H,1-2,4,6,11H2;2H,1H3. The fourth-order valence-electron chi connectivity index (χ4n) is 3.76. The van der Waals surface area contributed by atoms with Crippen LogP contribution in [0.15, 0.2) is 36.7 Å². The molecule has 3 aromatic rings. The molecule has 5 rings (SSSR count). The first kappa shape index (κ1) is 19.5. The molecule has 152 valence electrons. The molecule has 1 saturated heterocycles. The molecule has 4 heterocycles. The number of carbonyl (C=O) groups excluding carboxylic acids is 1. The highest BCUT2D eigenvalue weighted by Crippen LogP contribution is 2.30. The number of rotatable bonds is 0. The van der Waals surface area contributed by atoms with E-state index in [1.807, 2.05) is 29.3 Å². The first-order valence-electron chi connectivity index (χ1n) is 9.43. The summed E-state index contributed by atoms with van der Waals surface area (Å²) in [5.41, 5.74) is 3.43. The fourth-order valence-corrected chi connectivity index (χ4v) is 3.99. The first-order valence-corrected chi connectivity index (χ1v) is 9.81. The molecule has 4 bridgehead atoms. The molecule has 2 aromatic heterocycles. The number of nitrogens with one attached hydrogen (secondary N) is 1. The summed E-state index contributed by atoms with van der Waals surface area (Å²) in [6, 6.07) is 7.66. The van der Waals surface area contributed by atoms with E-state index in [2.05, 4.69) is 15.4 Å². The predicted octanol–water partition coefficient (Wildman–Crippen LogP) is 2.45. The number of amides is 1. The number of aliphatic hydroxyl groups is 1. The number of aliphatic hydroxyl groups excluding tert-OH is 1. The van der Waals surface area contributed by atoms with Gasteiger partial charge in [0.2, 0.25) is 11.8 Å². The van der Waals surface area contributed by atoms with Gasteiger partial charge < -0.3 is 20.1 Å². The molecule has 1 amide bonds. The highest BCUT2D eigenvalue weighted by atomic mass is 35.5. The van der Waals surface area contributed by atoms with E-state index in [0.29, 0.717) is 42.7 Å². The lowest BCUT2D eigenvalue weighted by molar-refractivity contribution is -0.129. The number of benzene rings is 1. The third-order valence-corrected chi connectivity index (χ3v) is 5.33. The molecular weight excluding hydrogens is 394 g/mol. The van der Waals surface area contributed by atoms with Crippen molar-refractivity contribution >= 4 is 28.8 Å². The Bertz CT molecular complexity index is 1040. The van der Waals surface area contributed by atoms with E-state index >= 15 is 0 Å². The van der Waals surface area contributed by atoms with E-state index in [9.17, 15) is 4.79 Å². The van der Waals surface area contributed by atoms with Gasteiger partial charge in [0, 0.05) is 55.2 Å². The number of carbonyl (C=O) groups is 1. The summed E-state index contributed by atoms with van der Waals surface area (Å²) in [5.74, 6) is 0.701. The first-order chi connectivity index (χ1) is 14.2. The lowest BCUT2D eigenvalue weighted by Gasteiger charge is -2.25. The molecule has 1 aromatic carbocycles. The third kappa shape index (κ3) is 3.86. The Morgan fingerprint density at radius 3 is 3.03 bits per heavy atom. The van der Waals surface area contributed by atoms with Crippen LogP contribution in [-0.2, 0) is 4.79 Å². The highest BCUT2D eigenvalue weighted by molar-refractivity contribution is 6.31. The van der Waals surface area contributed by atoms with Crippen molar-refractivity contribution in [1.82, 2.24) is 19.5 Å². The highest BCUT2D eigenvalue weighted by Gasteiger charge is 2.31. The van der Waals surface area contributed by atoms with Crippen molar-refractivity contribution in [3.63, 3.8) is 0 Å². The van der Waals surface area contributed by atoms with Crippen LogP contribution in [0.1, 0.15) is 12.8 Å². The molecule has 9 heteroatoms. The minimum Gasteiger partial charge on any atom is -0.475 e. The van der Waals surface area contributed by atoms with E-state index in [1.165, 1.54) is 0 Å². The van der Waals surface area contributed by atoms with Gasteiger partial charge in [-0.3, -0.25) is 4.79 Å². The van der Waals surface area contributed by atoms with Gasteiger partial charge in [0.1, 0.15) is 6.61 Å². The van der Waals surface area contributed by atoms with Gasteiger partial charge >= 0.3 is 0 Å². The van der Waals surface area contributed by atoms with Gasteiger partial charge in [-0.1, -0.05) is 11.6 Å². The van der Waals surface area contributed by atoms with Gasteiger partial charge in [-0.05, 0) is 30.2 Å². The average Bonchev–Trinajstić information content (AvgIpc) is 3.30. The second-order valence-corrected chi connectivity index (χ2v) is 7.27. The molecule has 0 aliphatic carbocycles. The monoisotopic (exact) mass is 415 g/mol. The maximum Gasteiger partial charge on any atom is 0.223 e. The van der Waals surface area contributed by atoms with Crippen LogP contribution in [0.4, 0.5) is 5.69 Å². The third-order valence-electron chi connectivity index (χ3n) is 5.11. The average molecular weight is 416 g/mol. The normalized spacial score (nSPS) is 18.4. The molecule has 0 saturated carbocycles. The smallest absolute Gasteiger partial charge is 0.223 e. The molecule has 0 radical (unpaired) electrons. The van der Waals surface area contributed by atoms with Crippen LogP contribution in [0, 0.1) is 0 Å². The fraction of sp³-hybridized carbons (Fsp3) is 0.350. The number of fused-ring (bicyclic) bond motifs is 5. The number of anilines is 1. The molecule has 1 unspecified atom stereocenters. The van der Waals surface area contributed by atoms with Gasteiger partial charge in [0.05, 0.1) is 12.2 Å². The number of hydrogen-bond acceptors (Lipinski definition) is 6. The Labute approximate surface area is 173 Å². The van der Waals surface area contributed by atoms with Crippen molar-refractivity contribution in [2.75, 3.05) is 32.1 Å². The van der Waals surface area contributed by atoms with Gasteiger partial charge in [-0.25, -0.2) is 4.52 Å². The minimum absolute atomic E-state index is 0.0690. The number of nitrogens with zero attached hydrogens (tertiary/aromatic N) is 4. The van der Waals surface area contributed by atoms with Crippen LogP contribution < -0.4 is 10.1 Å². The number of hydrogen-bond donors (Lipinski definition) is 2. The molecule has 1 fully saturated rings. The minimum atomic E-state index is 0.0690. The van der Waals surface area contributed by atoms with Gasteiger partial charge in [0.25, 0.3) is 0 Å². The van der Waals surface area contributed by atoms with E-state index in [0.717, 1.165) is 30.3 Å². The van der Waals surface area contributed by atoms with Gasteiger partial charge in [-0.2, -0.15) is 10.1 Å². The largest absolute Gasteiger partial charge is 0.475 e. The van der Waals surface area contributed by atoms with Crippen molar-refractivity contribution in [3.05, 3.63) is 41.7 Å². The quantitative estimate of drug-likeness (QED) is 0.586. The number of ether oxygens (including phenoxy) is 1. The van der Waals surface area contributed by atoms with Crippen molar-refractivity contribution in [1.29, 1.82) is 0 Å². The summed E-state index contributed by atoms with van der Waals surface area (Å²) in [6.07, 6.45) is 4.98. The predicted molar refractivity (Wildman–Crippen MR) is 110 cm³/mol. The van der Waals surface area contributed by atoms with Crippen LogP contribution in [-0.4, -0.2) is 63.4 Å². The topological polar surface area (TPSA) is 92.0 Å². The van der Waals surface area contributed by atoms with Crippen molar-refractivity contribution in [2.45, 2.75) is 18.9 Å². The van der Waals surface area contributed by atoms with Crippen molar-refractivity contribution in [2.24, 2.45) is 0 Å². The summed E-state index contributed by atoms with van der Waals surface area (Å²) >= 11 is 6.34. The van der Waals surface area contributed by atoms with Gasteiger partial charge in [-0.15, -0.1) is 0 Å². The van der Waals surface area contributed by atoms with Crippen LogP contribution in [0.2, 0.25) is 5.02 Å². The maximum absolute atomic E-state index is 12.2. The van der Waals surface area contributed by atoms with Gasteiger partial charge in [0.15, 0.2) is 5.65 Å². The molecule has 8 nitrogen and oxygen atoms in total. The number of aromatic nitrogens is 3. The molecule has 2 aliphatic heterocycles. The Balaban J connectivity index is 0.000000994. The maximum atomic E-state index is 12.2. The zero-order valence-corrected chi connectivity index (χ0v) is 16.8. The summed E-state index contributed by atoms with van der Waals surface area (Å²) < 4.78 is 7.65. The zero-order valence-electron chi connectivity index (χ0n) is 16.0. The SMILES string of the molecule is CO.O=C1CCC2COc3ccn4ncc(c4n3)-c3cc(Cl)cc(c3)NCCN12. The Morgan fingerprint density at radius 2 is 2.17 bits per heavy atom. The van der Waals surface area contributed by atoms with Crippen LogP contribution >= 0.6 is 11.6 Å². The molecule has 0 spiro atoms. The van der Waals surface area contributed by atoms with Crippen LogP contribution in [0.3, 0.4) is 0 Å². The molecule has 2 aliphatic rings. The summed E-state index contributed by atoms with van der Waals surface area (Å²) in [4.78, 5) is 18.8. The molecular formula is C20H22ClN5O3. The lowest BCUT2D eigenvalue weighted by atomic mass is 10.1. The Morgan fingerprint density at radius 1 is 1.31 bits per heavy atom. The van der Waals surface area contributed by atoms with Crippen molar-refractivity contribution < 1.29 is 14.6 Å². The molecule has 29 heavy (non-hydrogen) atoms. The Kier molecular flexibility index (Phi) is 5.55. The number of halogens is 1. The molecule has 1 atom stereocenters. The van der Waals surface area contributed by atoms with E-state index in [4.69, 9.17) is 21.4 Å². The Hall–Kier alpha value is -2.84. The second kappa shape index (κ2) is 8.26. The second-order valence-electron chi connectivity index (χ2n) is 6.84. The summed E-state index contributed by atoms with van der Waals surface area (Å²) in [6.45, 7) is 1.71. The molecule has 2 N–H and O–H groups in total. The van der Waals surface area contributed by atoms with E-state index < -0.39 is 0 Å². The van der Waals surface area contributed by atoms with Crippen molar-refractivity contribution in [3.8, 4) is 17.0 Å². The lowest BCUT2D eigenvalue weighted by Crippen LogP contribution is -2.40. The summed E-state index contributed by atoms with van der Waals surface area (Å²) in [7, 11) is 1.00. The van der Waals surface area contributed by atoms with E-state index in [1.54, 1.807) is 16.8 Å². The zero-order chi connectivity index (χ0) is 20.4. The van der Waals surface area contributed by atoms with Crippen LogP contribution in [0.25, 0.3) is 16.8 Å². The summed E-state index contributed by atoms with van der Waals surface area (Å²) in [5, 5.41) is 15.4.